The van der Waals surface area contributed by atoms with Crippen molar-refractivity contribution >= 4 is 27.4 Å². The summed E-state index contributed by atoms with van der Waals surface area (Å²) in [5, 5.41) is 15.5. The smallest absolute Gasteiger partial charge is 0.269 e. The molecule has 1 atom stereocenters. The lowest BCUT2D eigenvalue weighted by molar-refractivity contribution is -0.129. The Morgan fingerprint density at radius 1 is 1.14 bits per heavy atom. The zero-order valence-corrected chi connectivity index (χ0v) is 21.7. The Labute approximate surface area is 209 Å². The molecular weight excluding hydrogens is 488 g/mol. The Kier molecular flexibility index (Phi) is 8.32. The van der Waals surface area contributed by atoms with Gasteiger partial charge in [0.1, 0.15) is 16.5 Å². The molecule has 0 saturated heterocycles. The fraction of sp³-hybridized carbons (Fsp3) is 0.360. The highest BCUT2D eigenvalue weighted by Crippen LogP contribution is 2.32. The second-order valence-electron chi connectivity index (χ2n) is 9.28. The van der Waals surface area contributed by atoms with Crippen molar-refractivity contribution in [3.63, 3.8) is 0 Å². The average Bonchev–Trinajstić information content (AvgIpc) is 3.27. The molecule has 0 aliphatic carbocycles. The first-order valence-electron chi connectivity index (χ1n) is 11.0. The molecule has 0 spiro atoms. The molecule has 2 aromatic carbocycles. The van der Waals surface area contributed by atoms with Gasteiger partial charge in [0, 0.05) is 16.4 Å². The van der Waals surface area contributed by atoms with Crippen LogP contribution in [-0.4, -0.2) is 36.1 Å². The van der Waals surface area contributed by atoms with Crippen LogP contribution in [0.1, 0.15) is 48.5 Å². The predicted octanol–water partition coefficient (Wildman–Crippen LogP) is 4.14. The standard InChI is InChI=1S/C25H30N2O6S2/c1-25(2,3)24(29)27-21(11-16-5-7-17(8-6-16)15-35(30,31)32)23-26-22(14-34-23)20-10-9-19(33-4)12-18(20)13-28/h5-10,12,14,21,28H,11,13,15H2,1-4H3,(H,27,29)(H,30,31,32)/t21-/m0/s1. The number of hydrogen-bond donors (Lipinski definition) is 3. The van der Waals surface area contributed by atoms with Gasteiger partial charge in [-0.05, 0) is 41.3 Å². The molecule has 1 amide bonds. The van der Waals surface area contributed by atoms with Crippen molar-refractivity contribution in [2.45, 2.75) is 45.6 Å². The van der Waals surface area contributed by atoms with Crippen molar-refractivity contribution in [1.82, 2.24) is 10.3 Å². The second-order valence-corrected chi connectivity index (χ2v) is 11.6. The van der Waals surface area contributed by atoms with Gasteiger partial charge in [-0.2, -0.15) is 8.42 Å². The van der Waals surface area contributed by atoms with Crippen LogP contribution in [0.25, 0.3) is 11.3 Å². The van der Waals surface area contributed by atoms with Crippen molar-refractivity contribution in [1.29, 1.82) is 0 Å². The molecule has 1 aromatic heterocycles. The Bertz CT molecular complexity index is 1280. The van der Waals surface area contributed by atoms with E-state index in [2.05, 4.69) is 5.32 Å². The number of thiazole rings is 1. The van der Waals surface area contributed by atoms with E-state index in [1.54, 1.807) is 43.5 Å². The first-order valence-corrected chi connectivity index (χ1v) is 13.5. The van der Waals surface area contributed by atoms with Crippen molar-refractivity contribution in [3.05, 3.63) is 69.5 Å². The van der Waals surface area contributed by atoms with Crippen LogP contribution in [0.5, 0.6) is 5.75 Å². The minimum absolute atomic E-state index is 0.122. The average molecular weight is 519 g/mol. The van der Waals surface area contributed by atoms with Gasteiger partial charge in [0.25, 0.3) is 10.1 Å². The molecule has 1 heterocycles. The van der Waals surface area contributed by atoms with Crippen LogP contribution in [0.4, 0.5) is 0 Å². The zero-order valence-electron chi connectivity index (χ0n) is 20.1. The molecule has 0 aliphatic rings. The fourth-order valence-electron chi connectivity index (χ4n) is 3.44. The SMILES string of the molecule is COc1ccc(-c2csc([C@H](Cc3ccc(CS(=O)(=O)O)cc3)NC(=O)C(C)(C)C)n2)c(CO)c1. The molecule has 0 radical (unpaired) electrons. The summed E-state index contributed by atoms with van der Waals surface area (Å²) in [5.74, 6) is 0.0614. The van der Waals surface area contributed by atoms with Crippen molar-refractivity contribution < 1.29 is 27.6 Å². The molecule has 3 rings (SSSR count). The number of aliphatic hydroxyl groups excluding tert-OH is 1. The van der Waals surface area contributed by atoms with Crippen LogP contribution in [-0.2, 0) is 33.7 Å². The Balaban J connectivity index is 1.91. The third-order valence-corrected chi connectivity index (χ3v) is 7.03. The van der Waals surface area contributed by atoms with Crippen LogP contribution in [0.3, 0.4) is 0 Å². The van der Waals surface area contributed by atoms with Crippen molar-refractivity contribution in [2.75, 3.05) is 7.11 Å². The van der Waals surface area contributed by atoms with Gasteiger partial charge in [0.2, 0.25) is 5.91 Å². The Morgan fingerprint density at radius 2 is 1.80 bits per heavy atom. The number of nitrogens with zero attached hydrogens (tertiary/aromatic N) is 1. The molecule has 0 aliphatic heterocycles. The molecular formula is C25H30N2O6S2. The summed E-state index contributed by atoms with van der Waals surface area (Å²) in [6.07, 6.45) is 0.441. The van der Waals surface area contributed by atoms with Gasteiger partial charge in [-0.3, -0.25) is 9.35 Å². The molecule has 35 heavy (non-hydrogen) atoms. The quantitative estimate of drug-likeness (QED) is 0.363. The maximum atomic E-state index is 12.8. The molecule has 188 valence electrons. The molecule has 0 saturated carbocycles. The van der Waals surface area contributed by atoms with Crippen LogP contribution < -0.4 is 10.1 Å². The monoisotopic (exact) mass is 518 g/mol. The number of aliphatic hydroxyl groups is 1. The molecule has 0 unspecified atom stereocenters. The number of carbonyl (C=O) groups is 1. The zero-order chi connectivity index (χ0) is 25.8. The highest BCUT2D eigenvalue weighted by molar-refractivity contribution is 7.85. The fourth-order valence-corrected chi connectivity index (χ4v) is 4.93. The van der Waals surface area contributed by atoms with E-state index in [1.807, 2.05) is 32.2 Å². The van der Waals surface area contributed by atoms with Crippen LogP contribution in [0.15, 0.2) is 47.8 Å². The van der Waals surface area contributed by atoms with Crippen LogP contribution in [0, 0.1) is 5.41 Å². The number of benzene rings is 2. The third-order valence-electron chi connectivity index (χ3n) is 5.38. The van der Waals surface area contributed by atoms with Crippen molar-refractivity contribution in [2.24, 2.45) is 5.41 Å². The normalized spacial score (nSPS) is 12.9. The highest BCUT2D eigenvalue weighted by atomic mass is 32.2. The minimum Gasteiger partial charge on any atom is -0.497 e. The Hall–Kier alpha value is -2.79. The lowest BCUT2D eigenvalue weighted by Crippen LogP contribution is -2.38. The van der Waals surface area contributed by atoms with Gasteiger partial charge < -0.3 is 15.2 Å². The van der Waals surface area contributed by atoms with Gasteiger partial charge in [-0.15, -0.1) is 11.3 Å². The number of amides is 1. The first-order chi connectivity index (χ1) is 16.4. The maximum absolute atomic E-state index is 12.8. The molecule has 8 nitrogen and oxygen atoms in total. The largest absolute Gasteiger partial charge is 0.497 e. The van der Waals surface area contributed by atoms with Gasteiger partial charge in [-0.1, -0.05) is 45.0 Å². The number of aromatic nitrogens is 1. The van der Waals surface area contributed by atoms with E-state index in [4.69, 9.17) is 14.3 Å². The van der Waals surface area contributed by atoms with E-state index in [-0.39, 0.29) is 12.5 Å². The lowest BCUT2D eigenvalue weighted by atomic mass is 9.94. The third kappa shape index (κ3) is 7.35. The van der Waals surface area contributed by atoms with Gasteiger partial charge >= 0.3 is 0 Å². The summed E-state index contributed by atoms with van der Waals surface area (Å²) in [4.78, 5) is 17.6. The molecule has 0 fully saturated rings. The summed E-state index contributed by atoms with van der Waals surface area (Å²) in [5.41, 5.74) is 2.91. The summed E-state index contributed by atoms with van der Waals surface area (Å²) in [6.45, 7) is 5.34. The van der Waals surface area contributed by atoms with E-state index < -0.39 is 27.3 Å². The number of nitrogens with one attached hydrogen (secondary N) is 1. The lowest BCUT2D eigenvalue weighted by Gasteiger charge is -2.23. The molecule has 3 aromatic rings. The number of carbonyl (C=O) groups excluding carboxylic acids is 1. The number of rotatable bonds is 9. The van der Waals surface area contributed by atoms with E-state index in [1.165, 1.54) is 11.3 Å². The van der Waals surface area contributed by atoms with E-state index in [0.29, 0.717) is 34.0 Å². The number of ether oxygens (including phenoxy) is 1. The minimum atomic E-state index is -4.11. The van der Waals surface area contributed by atoms with Crippen LogP contribution >= 0.6 is 11.3 Å². The molecule has 0 bridgehead atoms. The van der Waals surface area contributed by atoms with Gasteiger partial charge in [0.05, 0.1) is 25.5 Å². The summed E-state index contributed by atoms with van der Waals surface area (Å²) < 4.78 is 36.6. The van der Waals surface area contributed by atoms with Crippen molar-refractivity contribution in [3.8, 4) is 17.0 Å². The van der Waals surface area contributed by atoms with E-state index >= 15 is 0 Å². The van der Waals surface area contributed by atoms with Gasteiger partial charge in [-0.25, -0.2) is 4.98 Å². The summed E-state index contributed by atoms with van der Waals surface area (Å²) >= 11 is 1.41. The second kappa shape index (κ2) is 10.9. The van der Waals surface area contributed by atoms with Gasteiger partial charge in [0.15, 0.2) is 0 Å². The maximum Gasteiger partial charge on any atom is 0.269 e. The number of methoxy groups -OCH3 is 1. The van der Waals surface area contributed by atoms with E-state index in [9.17, 15) is 18.3 Å². The first kappa shape index (κ1) is 26.8. The summed E-state index contributed by atoms with van der Waals surface area (Å²) in [6, 6.07) is 11.8. The number of hydrogen-bond acceptors (Lipinski definition) is 7. The molecule has 3 N–H and O–H groups in total. The topological polar surface area (TPSA) is 126 Å². The predicted molar refractivity (Wildman–Crippen MR) is 136 cm³/mol. The van der Waals surface area contributed by atoms with Crippen LogP contribution in [0.2, 0.25) is 0 Å². The Morgan fingerprint density at radius 3 is 2.37 bits per heavy atom. The molecule has 10 heteroatoms. The summed E-state index contributed by atoms with van der Waals surface area (Å²) in [7, 11) is -2.55. The highest BCUT2D eigenvalue weighted by Gasteiger charge is 2.27. The van der Waals surface area contributed by atoms with E-state index in [0.717, 1.165) is 11.1 Å².